The molecule has 0 saturated heterocycles. The van der Waals surface area contributed by atoms with E-state index in [4.69, 9.17) is 11.6 Å². The Kier molecular flexibility index (Phi) is 5.28. The highest BCUT2D eigenvalue weighted by Gasteiger charge is 2.04. The highest BCUT2D eigenvalue weighted by atomic mass is 35.5. The van der Waals surface area contributed by atoms with Crippen molar-refractivity contribution >= 4 is 34.3 Å². The van der Waals surface area contributed by atoms with Gasteiger partial charge in [-0.2, -0.15) is 5.10 Å². The number of halogens is 1. The number of benzene rings is 3. The van der Waals surface area contributed by atoms with Crippen molar-refractivity contribution in [2.45, 2.75) is 0 Å². The molecular weight excluding hydrogens is 374 g/mol. The SMILES string of the molecule is Clc1ccc(-c2ccccc2C=NNc2nc(-c3ccccc3)cs2)cc1. The van der Waals surface area contributed by atoms with Gasteiger partial charge in [0.2, 0.25) is 5.13 Å². The largest absolute Gasteiger partial charge is 0.253 e. The van der Waals surface area contributed by atoms with E-state index in [2.05, 4.69) is 21.6 Å². The summed E-state index contributed by atoms with van der Waals surface area (Å²) in [6.45, 7) is 0. The molecule has 0 spiro atoms. The van der Waals surface area contributed by atoms with Crippen LogP contribution in [0.25, 0.3) is 22.4 Å². The van der Waals surface area contributed by atoms with Gasteiger partial charge < -0.3 is 0 Å². The van der Waals surface area contributed by atoms with Crippen molar-refractivity contribution in [1.29, 1.82) is 0 Å². The van der Waals surface area contributed by atoms with Crippen molar-refractivity contribution in [2.75, 3.05) is 5.43 Å². The molecule has 0 saturated carbocycles. The summed E-state index contributed by atoms with van der Waals surface area (Å²) >= 11 is 7.53. The predicted molar refractivity (Wildman–Crippen MR) is 116 cm³/mol. The van der Waals surface area contributed by atoms with Crippen LogP contribution in [-0.2, 0) is 0 Å². The maximum atomic E-state index is 5.99. The second kappa shape index (κ2) is 8.16. The summed E-state index contributed by atoms with van der Waals surface area (Å²) < 4.78 is 0. The lowest BCUT2D eigenvalue weighted by Gasteiger charge is -2.06. The van der Waals surface area contributed by atoms with Crippen LogP contribution in [0.2, 0.25) is 5.02 Å². The topological polar surface area (TPSA) is 37.3 Å². The Bertz CT molecular complexity index is 1060. The Morgan fingerprint density at radius 3 is 2.41 bits per heavy atom. The number of hydrogen-bond acceptors (Lipinski definition) is 4. The van der Waals surface area contributed by atoms with Gasteiger partial charge in [-0.1, -0.05) is 78.3 Å². The monoisotopic (exact) mass is 389 g/mol. The molecule has 4 rings (SSSR count). The Labute approximate surface area is 167 Å². The number of nitrogens with zero attached hydrogens (tertiary/aromatic N) is 2. The number of anilines is 1. The molecule has 0 aliphatic heterocycles. The normalized spacial score (nSPS) is 11.0. The van der Waals surface area contributed by atoms with Crippen LogP contribution in [0.5, 0.6) is 0 Å². The maximum absolute atomic E-state index is 5.99. The predicted octanol–water partition coefficient (Wildman–Crippen LogP) is 6.58. The summed E-state index contributed by atoms with van der Waals surface area (Å²) in [6, 6.07) is 26.0. The first kappa shape index (κ1) is 17.5. The van der Waals surface area contributed by atoms with E-state index in [0.29, 0.717) is 0 Å². The number of thiazole rings is 1. The van der Waals surface area contributed by atoms with Gasteiger partial charge in [0.05, 0.1) is 11.9 Å². The van der Waals surface area contributed by atoms with Crippen LogP contribution in [0.3, 0.4) is 0 Å². The minimum absolute atomic E-state index is 0.726. The molecule has 0 fully saturated rings. The van der Waals surface area contributed by atoms with Crippen LogP contribution >= 0.6 is 22.9 Å². The molecule has 1 N–H and O–H groups in total. The lowest BCUT2D eigenvalue weighted by Crippen LogP contribution is -1.92. The molecule has 3 nitrogen and oxygen atoms in total. The fourth-order valence-electron chi connectivity index (χ4n) is 2.73. The second-order valence-corrected chi connectivity index (χ2v) is 7.16. The zero-order valence-electron chi connectivity index (χ0n) is 14.3. The van der Waals surface area contributed by atoms with Crippen molar-refractivity contribution < 1.29 is 0 Å². The van der Waals surface area contributed by atoms with E-state index in [1.54, 1.807) is 0 Å². The maximum Gasteiger partial charge on any atom is 0.203 e. The molecule has 0 amide bonds. The molecule has 4 aromatic rings. The van der Waals surface area contributed by atoms with E-state index in [1.165, 1.54) is 11.3 Å². The quantitative estimate of drug-likeness (QED) is 0.309. The summed E-state index contributed by atoms with van der Waals surface area (Å²) in [7, 11) is 0. The third kappa shape index (κ3) is 4.25. The molecule has 27 heavy (non-hydrogen) atoms. The van der Waals surface area contributed by atoms with E-state index in [9.17, 15) is 0 Å². The smallest absolute Gasteiger partial charge is 0.203 e. The van der Waals surface area contributed by atoms with Gasteiger partial charge >= 0.3 is 0 Å². The summed E-state index contributed by atoms with van der Waals surface area (Å²) in [6.07, 6.45) is 1.81. The molecule has 1 heterocycles. The highest BCUT2D eigenvalue weighted by molar-refractivity contribution is 7.14. The number of rotatable bonds is 5. The van der Waals surface area contributed by atoms with Gasteiger partial charge in [0, 0.05) is 21.5 Å². The van der Waals surface area contributed by atoms with E-state index in [-0.39, 0.29) is 0 Å². The van der Waals surface area contributed by atoms with E-state index >= 15 is 0 Å². The van der Waals surface area contributed by atoms with Gasteiger partial charge in [-0.25, -0.2) is 4.98 Å². The Morgan fingerprint density at radius 2 is 1.59 bits per heavy atom. The Balaban J connectivity index is 1.51. The highest BCUT2D eigenvalue weighted by Crippen LogP contribution is 2.26. The van der Waals surface area contributed by atoms with Crippen molar-refractivity contribution in [2.24, 2.45) is 5.10 Å². The van der Waals surface area contributed by atoms with Crippen molar-refractivity contribution in [3.05, 3.63) is 94.8 Å². The van der Waals surface area contributed by atoms with Gasteiger partial charge in [-0.3, -0.25) is 5.43 Å². The third-order valence-corrected chi connectivity index (χ3v) is 5.05. The minimum atomic E-state index is 0.726. The number of hydrazone groups is 1. The number of nitrogens with one attached hydrogen (secondary N) is 1. The number of aromatic nitrogens is 1. The average Bonchev–Trinajstić information content (AvgIpc) is 3.19. The summed E-state index contributed by atoms with van der Waals surface area (Å²) in [5.74, 6) is 0. The van der Waals surface area contributed by atoms with Crippen LogP contribution in [0.1, 0.15) is 5.56 Å². The Hall–Kier alpha value is -2.95. The molecule has 0 aliphatic carbocycles. The minimum Gasteiger partial charge on any atom is -0.253 e. The zero-order valence-corrected chi connectivity index (χ0v) is 15.9. The Morgan fingerprint density at radius 1 is 0.852 bits per heavy atom. The molecule has 5 heteroatoms. The molecule has 0 atom stereocenters. The summed E-state index contributed by atoms with van der Waals surface area (Å²) in [4.78, 5) is 4.58. The van der Waals surface area contributed by atoms with Gasteiger partial charge in [0.1, 0.15) is 0 Å². The van der Waals surface area contributed by atoms with Gasteiger partial charge in [-0.15, -0.1) is 11.3 Å². The molecule has 3 aromatic carbocycles. The summed E-state index contributed by atoms with van der Waals surface area (Å²) in [5, 5.41) is 7.88. The van der Waals surface area contributed by atoms with Crippen molar-refractivity contribution in [1.82, 2.24) is 4.98 Å². The molecule has 132 valence electrons. The first-order chi connectivity index (χ1) is 13.3. The van der Waals surface area contributed by atoms with Crippen molar-refractivity contribution in [3.63, 3.8) is 0 Å². The third-order valence-electron chi connectivity index (χ3n) is 4.05. The molecule has 0 unspecified atom stereocenters. The lowest BCUT2D eigenvalue weighted by atomic mass is 10.0. The molecule has 0 bridgehead atoms. The zero-order chi connectivity index (χ0) is 18.5. The standard InChI is InChI=1S/C22H16ClN3S/c23-19-12-10-16(11-13-19)20-9-5-4-8-18(20)14-24-26-22-25-21(15-27-22)17-6-2-1-3-7-17/h1-15H,(H,25,26). The van der Waals surface area contributed by atoms with E-state index in [1.807, 2.05) is 84.4 Å². The van der Waals surface area contributed by atoms with Gasteiger partial charge in [-0.05, 0) is 23.3 Å². The fraction of sp³-hybridized carbons (Fsp3) is 0. The molecule has 1 aromatic heterocycles. The molecular formula is C22H16ClN3S. The van der Waals surface area contributed by atoms with Crippen molar-refractivity contribution in [3.8, 4) is 22.4 Å². The number of hydrogen-bond donors (Lipinski definition) is 1. The van der Waals surface area contributed by atoms with Gasteiger partial charge in [0.25, 0.3) is 0 Å². The first-order valence-electron chi connectivity index (χ1n) is 8.44. The van der Waals surface area contributed by atoms with Crippen LogP contribution in [0.4, 0.5) is 5.13 Å². The van der Waals surface area contributed by atoms with Crippen LogP contribution in [0.15, 0.2) is 89.3 Å². The van der Waals surface area contributed by atoms with Crippen LogP contribution in [0, 0.1) is 0 Å². The lowest BCUT2D eigenvalue weighted by molar-refractivity contribution is 1.29. The van der Waals surface area contributed by atoms with E-state index < -0.39 is 0 Å². The fourth-order valence-corrected chi connectivity index (χ4v) is 3.52. The first-order valence-corrected chi connectivity index (χ1v) is 9.70. The van der Waals surface area contributed by atoms with Crippen LogP contribution < -0.4 is 5.43 Å². The second-order valence-electron chi connectivity index (χ2n) is 5.87. The van der Waals surface area contributed by atoms with Gasteiger partial charge in [0.15, 0.2) is 0 Å². The van der Waals surface area contributed by atoms with Crippen LogP contribution in [-0.4, -0.2) is 11.2 Å². The van der Waals surface area contributed by atoms with E-state index in [0.717, 1.165) is 38.1 Å². The summed E-state index contributed by atoms with van der Waals surface area (Å²) in [5.41, 5.74) is 8.29. The molecule has 0 radical (unpaired) electrons. The molecule has 0 aliphatic rings. The average molecular weight is 390 g/mol.